The molecule has 57 heavy (non-hydrogen) atoms. The minimum Gasteiger partial charge on any atom is -0.462 e. The number of carbonyl (C=O) groups is 3. The van der Waals surface area contributed by atoms with Gasteiger partial charge in [0.1, 0.15) is 13.2 Å². The first kappa shape index (κ1) is 52.0. The molecule has 6 heteroatoms. The fourth-order valence-corrected chi connectivity index (χ4v) is 4.72. The minimum atomic E-state index is -0.858. The van der Waals surface area contributed by atoms with Crippen molar-refractivity contribution in [2.75, 3.05) is 13.2 Å². The van der Waals surface area contributed by atoms with Gasteiger partial charge in [0.2, 0.25) is 0 Å². The first-order chi connectivity index (χ1) is 28.0. The Morgan fingerprint density at radius 1 is 0.386 bits per heavy atom. The van der Waals surface area contributed by atoms with Crippen molar-refractivity contribution < 1.29 is 28.6 Å². The van der Waals surface area contributed by atoms with Crippen molar-refractivity contribution in [1.82, 2.24) is 0 Å². The Labute approximate surface area is 346 Å². The van der Waals surface area contributed by atoms with Gasteiger partial charge in [0.15, 0.2) is 6.10 Å². The lowest BCUT2D eigenvalue weighted by Gasteiger charge is -2.18. The lowest BCUT2D eigenvalue weighted by atomic mass is 10.1. The third kappa shape index (κ3) is 42.0. The first-order valence-corrected chi connectivity index (χ1v) is 21.1. The molecule has 1 unspecified atom stereocenters. The van der Waals surface area contributed by atoms with E-state index in [9.17, 15) is 14.4 Å². The van der Waals surface area contributed by atoms with Gasteiger partial charge in [-0.05, 0) is 70.6 Å². The van der Waals surface area contributed by atoms with Crippen LogP contribution in [0.25, 0.3) is 0 Å². The summed E-state index contributed by atoms with van der Waals surface area (Å²) < 4.78 is 16.5. The molecule has 0 aliphatic heterocycles. The largest absolute Gasteiger partial charge is 0.462 e. The molecular formula is C51H72O6. The predicted molar refractivity (Wildman–Crippen MR) is 242 cm³/mol. The van der Waals surface area contributed by atoms with Crippen molar-refractivity contribution in [3.8, 4) is 0 Å². The van der Waals surface area contributed by atoms with Crippen LogP contribution in [0.2, 0.25) is 0 Å². The highest BCUT2D eigenvalue weighted by molar-refractivity contribution is 5.72. The molecular weight excluding hydrogens is 709 g/mol. The van der Waals surface area contributed by atoms with Gasteiger partial charge in [-0.1, -0.05) is 192 Å². The van der Waals surface area contributed by atoms with E-state index in [0.717, 1.165) is 70.6 Å². The zero-order valence-corrected chi connectivity index (χ0v) is 35.3. The molecule has 0 N–H and O–H groups in total. The van der Waals surface area contributed by atoms with Crippen LogP contribution in [0.15, 0.2) is 158 Å². The molecule has 0 rings (SSSR count). The van der Waals surface area contributed by atoms with E-state index in [4.69, 9.17) is 14.2 Å². The summed E-state index contributed by atoms with van der Waals surface area (Å²) in [5.74, 6) is -1.18. The lowest BCUT2D eigenvalue weighted by molar-refractivity contribution is -0.166. The van der Waals surface area contributed by atoms with E-state index in [0.29, 0.717) is 12.8 Å². The highest BCUT2D eigenvalue weighted by atomic mass is 16.6. The summed E-state index contributed by atoms with van der Waals surface area (Å²) in [6, 6.07) is 0. The topological polar surface area (TPSA) is 78.9 Å². The van der Waals surface area contributed by atoms with E-state index in [-0.39, 0.29) is 38.4 Å². The Morgan fingerprint density at radius 3 is 1.25 bits per heavy atom. The Balaban J connectivity index is 4.65. The number of hydrogen-bond acceptors (Lipinski definition) is 6. The normalized spacial score (nSPS) is 13.7. The number of unbranched alkanes of at least 4 members (excludes halogenated alkanes) is 6. The SMILES string of the molecule is CC\C=C/C=C\C=C/C=C\C=C\C=C/CCCCCC(=O)OCC(COC(=O)C/C=C\C/C=C\C/C=C\CC)OC(=O)CCCCC\C=C/C=C\C=C/C=C\CC. The molecule has 0 saturated carbocycles. The van der Waals surface area contributed by atoms with Gasteiger partial charge in [-0.2, -0.15) is 0 Å². The Bertz CT molecular complexity index is 1410. The third-order valence-electron chi connectivity index (χ3n) is 7.80. The molecule has 0 saturated heterocycles. The molecule has 0 heterocycles. The van der Waals surface area contributed by atoms with Crippen LogP contribution in [0.4, 0.5) is 0 Å². The standard InChI is InChI=1S/C51H72O6/c1-4-7-10-13-16-19-21-23-24-25-26-28-29-32-35-38-41-44-50(53)56-47-48(46-55-49(52)43-40-37-34-31-18-15-12-9-6-3)57-51(54)45-42-39-36-33-30-27-22-20-17-14-11-8-5-2/h7-14,16-31,37,40,48H,4-6,15,32-36,38-39,41-47H2,1-3H3/b10-7-,11-8-,12-9-,16-13-,17-14-,21-19-,22-20-,24-23-,26-25+,29-28-,30-27-,31-18-,40-37-. The van der Waals surface area contributed by atoms with Gasteiger partial charge in [-0.3, -0.25) is 14.4 Å². The molecule has 1 atom stereocenters. The quantitative estimate of drug-likeness (QED) is 0.0213. The number of rotatable bonds is 34. The second-order valence-corrected chi connectivity index (χ2v) is 13.0. The highest BCUT2D eigenvalue weighted by Gasteiger charge is 2.19. The van der Waals surface area contributed by atoms with Crippen LogP contribution >= 0.6 is 0 Å². The number of allylic oxidation sites excluding steroid dienone is 25. The molecule has 0 aliphatic rings. The van der Waals surface area contributed by atoms with Crippen molar-refractivity contribution in [3.05, 3.63) is 158 Å². The van der Waals surface area contributed by atoms with Crippen molar-refractivity contribution in [2.45, 2.75) is 130 Å². The molecule has 0 fully saturated rings. The van der Waals surface area contributed by atoms with Crippen LogP contribution in [0.3, 0.4) is 0 Å². The van der Waals surface area contributed by atoms with E-state index in [2.05, 4.69) is 69.4 Å². The molecule has 0 aromatic carbocycles. The molecule has 0 radical (unpaired) electrons. The van der Waals surface area contributed by atoms with Crippen molar-refractivity contribution >= 4 is 17.9 Å². The van der Waals surface area contributed by atoms with Gasteiger partial charge < -0.3 is 14.2 Å². The fraction of sp³-hybridized carbons (Fsp3) is 0.431. The van der Waals surface area contributed by atoms with Crippen LogP contribution in [0.5, 0.6) is 0 Å². The number of esters is 3. The van der Waals surface area contributed by atoms with Gasteiger partial charge >= 0.3 is 17.9 Å². The first-order valence-electron chi connectivity index (χ1n) is 21.1. The summed E-state index contributed by atoms with van der Waals surface area (Å²) in [5.41, 5.74) is 0. The predicted octanol–water partition coefficient (Wildman–Crippen LogP) is 13.5. The zero-order valence-electron chi connectivity index (χ0n) is 35.3. The van der Waals surface area contributed by atoms with Gasteiger partial charge in [-0.25, -0.2) is 0 Å². The fourth-order valence-electron chi connectivity index (χ4n) is 4.72. The number of hydrogen-bond donors (Lipinski definition) is 0. The van der Waals surface area contributed by atoms with Crippen LogP contribution in [0.1, 0.15) is 124 Å². The van der Waals surface area contributed by atoms with Crippen molar-refractivity contribution in [1.29, 1.82) is 0 Å². The second-order valence-electron chi connectivity index (χ2n) is 13.0. The van der Waals surface area contributed by atoms with Crippen LogP contribution < -0.4 is 0 Å². The zero-order chi connectivity index (χ0) is 41.5. The van der Waals surface area contributed by atoms with Gasteiger partial charge in [0, 0.05) is 12.8 Å². The highest BCUT2D eigenvalue weighted by Crippen LogP contribution is 2.09. The number of ether oxygens (including phenoxy) is 3. The van der Waals surface area contributed by atoms with E-state index in [1.54, 1.807) is 6.08 Å². The Kier molecular flexibility index (Phi) is 39.9. The molecule has 0 aliphatic carbocycles. The summed E-state index contributed by atoms with van der Waals surface area (Å²) in [5, 5.41) is 0. The third-order valence-corrected chi connectivity index (χ3v) is 7.80. The van der Waals surface area contributed by atoms with Gasteiger partial charge in [0.05, 0.1) is 6.42 Å². The van der Waals surface area contributed by atoms with E-state index >= 15 is 0 Å². The molecule has 0 aromatic rings. The lowest BCUT2D eigenvalue weighted by Crippen LogP contribution is -2.30. The molecule has 0 aromatic heterocycles. The molecule has 0 bridgehead atoms. The van der Waals surface area contributed by atoms with Crippen molar-refractivity contribution in [3.63, 3.8) is 0 Å². The van der Waals surface area contributed by atoms with Gasteiger partial charge in [0.25, 0.3) is 0 Å². The summed E-state index contributed by atoms with van der Waals surface area (Å²) >= 11 is 0. The van der Waals surface area contributed by atoms with Crippen LogP contribution in [-0.4, -0.2) is 37.2 Å². The maximum atomic E-state index is 12.7. The van der Waals surface area contributed by atoms with E-state index in [1.807, 2.05) is 103 Å². The smallest absolute Gasteiger partial charge is 0.309 e. The second kappa shape index (κ2) is 43.8. The maximum Gasteiger partial charge on any atom is 0.309 e. The van der Waals surface area contributed by atoms with E-state index in [1.165, 1.54) is 0 Å². The van der Waals surface area contributed by atoms with Crippen molar-refractivity contribution in [2.24, 2.45) is 0 Å². The molecule has 6 nitrogen and oxygen atoms in total. The summed E-state index contributed by atoms with van der Waals surface area (Å²) in [7, 11) is 0. The Hall–Kier alpha value is -4.97. The summed E-state index contributed by atoms with van der Waals surface area (Å²) in [6.45, 7) is 6.00. The summed E-state index contributed by atoms with van der Waals surface area (Å²) in [6.07, 6.45) is 64.0. The van der Waals surface area contributed by atoms with Crippen LogP contribution in [0, 0.1) is 0 Å². The summed E-state index contributed by atoms with van der Waals surface area (Å²) in [4.78, 5) is 37.6. The van der Waals surface area contributed by atoms with Gasteiger partial charge in [-0.15, -0.1) is 0 Å². The monoisotopic (exact) mass is 781 g/mol. The van der Waals surface area contributed by atoms with E-state index < -0.39 is 18.0 Å². The molecule has 0 amide bonds. The maximum absolute atomic E-state index is 12.7. The molecule has 312 valence electrons. The molecule has 0 spiro atoms. The number of carbonyl (C=O) groups excluding carboxylic acids is 3. The average Bonchev–Trinajstić information content (AvgIpc) is 3.21. The van der Waals surface area contributed by atoms with Crippen LogP contribution in [-0.2, 0) is 28.6 Å². The Morgan fingerprint density at radius 2 is 0.772 bits per heavy atom. The average molecular weight is 781 g/mol. The minimum absolute atomic E-state index is 0.108.